The molecule has 0 spiro atoms. The lowest BCUT2D eigenvalue weighted by molar-refractivity contribution is 0.0959. The zero-order valence-corrected chi connectivity index (χ0v) is 9.76. The number of hydrogen-bond donors (Lipinski definition) is 3. The van der Waals surface area contributed by atoms with Crippen molar-refractivity contribution in [2.24, 2.45) is 0 Å². The number of aliphatic hydroxyl groups is 1. The van der Waals surface area contributed by atoms with Gasteiger partial charge in [0.05, 0.1) is 12.3 Å². The highest BCUT2D eigenvalue weighted by Gasteiger charge is 2.09. The standard InChI is InChI=1S/C14H14N2O2/c17-10-11-6-4-5-9-13(11)14(18)16-15-12-7-2-1-3-8-12/h1-9,15,17H,10H2,(H,16,18). The molecule has 0 unspecified atom stereocenters. The van der Waals surface area contributed by atoms with Crippen LogP contribution in [0.3, 0.4) is 0 Å². The van der Waals surface area contributed by atoms with Gasteiger partial charge >= 0.3 is 0 Å². The van der Waals surface area contributed by atoms with Crippen molar-refractivity contribution < 1.29 is 9.90 Å². The second kappa shape index (κ2) is 5.84. The van der Waals surface area contributed by atoms with Crippen LogP contribution >= 0.6 is 0 Å². The fraction of sp³-hybridized carbons (Fsp3) is 0.0714. The van der Waals surface area contributed by atoms with Gasteiger partial charge in [-0.25, -0.2) is 0 Å². The summed E-state index contributed by atoms with van der Waals surface area (Å²) in [6, 6.07) is 16.3. The molecule has 0 atom stereocenters. The van der Waals surface area contributed by atoms with E-state index in [1.165, 1.54) is 0 Å². The number of hydrazine groups is 1. The normalized spacial score (nSPS) is 9.83. The summed E-state index contributed by atoms with van der Waals surface area (Å²) >= 11 is 0. The molecule has 1 amide bonds. The van der Waals surface area contributed by atoms with Crippen LogP contribution in [0.1, 0.15) is 15.9 Å². The minimum absolute atomic E-state index is 0.158. The van der Waals surface area contributed by atoms with E-state index in [4.69, 9.17) is 5.11 Å². The molecule has 0 radical (unpaired) electrons. The Balaban J connectivity index is 2.04. The quantitative estimate of drug-likeness (QED) is 0.718. The molecule has 0 saturated carbocycles. The largest absolute Gasteiger partial charge is 0.392 e. The summed E-state index contributed by atoms with van der Waals surface area (Å²) < 4.78 is 0. The van der Waals surface area contributed by atoms with E-state index >= 15 is 0 Å². The van der Waals surface area contributed by atoms with Crippen molar-refractivity contribution in [2.45, 2.75) is 6.61 Å². The number of amides is 1. The molecule has 2 aromatic rings. The Morgan fingerprint density at radius 1 is 1.00 bits per heavy atom. The van der Waals surface area contributed by atoms with Crippen molar-refractivity contribution >= 4 is 11.6 Å². The molecule has 4 heteroatoms. The Hall–Kier alpha value is -2.33. The van der Waals surface area contributed by atoms with Gasteiger partial charge in [0.2, 0.25) is 0 Å². The Morgan fingerprint density at radius 3 is 2.39 bits per heavy atom. The van der Waals surface area contributed by atoms with Gasteiger partial charge in [-0.3, -0.25) is 15.6 Å². The van der Waals surface area contributed by atoms with E-state index in [2.05, 4.69) is 10.9 Å². The molecule has 0 aromatic heterocycles. The molecule has 4 nitrogen and oxygen atoms in total. The number of carbonyl (C=O) groups is 1. The lowest BCUT2D eigenvalue weighted by Gasteiger charge is -2.10. The zero-order valence-electron chi connectivity index (χ0n) is 9.76. The van der Waals surface area contributed by atoms with Gasteiger partial charge in [0.25, 0.3) is 5.91 Å². The number of aliphatic hydroxyl groups excluding tert-OH is 1. The van der Waals surface area contributed by atoms with Gasteiger partial charge < -0.3 is 5.11 Å². The monoisotopic (exact) mass is 242 g/mol. The third kappa shape index (κ3) is 2.87. The summed E-state index contributed by atoms with van der Waals surface area (Å²) in [6.07, 6.45) is 0. The summed E-state index contributed by atoms with van der Waals surface area (Å²) in [4.78, 5) is 11.9. The van der Waals surface area contributed by atoms with Crippen molar-refractivity contribution in [3.05, 3.63) is 65.7 Å². The van der Waals surface area contributed by atoms with Crippen LogP contribution in [0.25, 0.3) is 0 Å². The lowest BCUT2D eigenvalue weighted by Crippen LogP contribution is -2.30. The molecule has 0 heterocycles. The van der Waals surface area contributed by atoms with Crippen molar-refractivity contribution in [2.75, 3.05) is 5.43 Å². The first-order chi connectivity index (χ1) is 8.81. The van der Waals surface area contributed by atoms with E-state index in [0.29, 0.717) is 11.1 Å². The Bertz CT molecular complexity index is 526. The fourth-order valence-corrected chi connectivity index (χ4v) is 1.60. The molecule has 3 N–H and O–H groups in total. The number of anilines is 1. The predicted molar refractivity (Wildman–Crippen MR) is 69.9 cm³/mol. The van der Waals surface area contributed by atoms with Gasteiger partial charge in [-0.1, -0.05) is 36.4 Å². The van der Waals surface area contributed by atoms with Gasteiger partial charge in [0.1, 0.15) is 0 Å². The summed E-state index contributed by atoms with van der Waals surface area (Å²) in [5.41, 5.74) is 7.26. The minimum atomic E-state index is -0.275. The van der Waals surface area contributed by atoms with Gasteiger partial charge in [-0.2, -0.15) is 0 Å². The maximum atomic E-state index is 11.9. The van der Waals surface area contributed by atoms with E-state index in [9.17, 15) is 4.79 Å². The van der Waals surface area contributed by atoms with E-state index < -0.39 is 0 Å². The maximum Gasteiger partial charge on any atom is 0.269 e. The number of para-hydroxylation sites is 1. The number of rotatable bonds is 4. The Kier molecular flexibility index (Phi) is 3.94. The molecule has 92 valence electrons. The molecule has 0 bridgehead atoms. The third-order valence-corrected chi connectivity index (χ3v) is 2.53. The number of nitrogens with one attached hydrogen (secondary N) is 2. The SMILES string of the molecule is O=C(NNc1ccccc1)c1ccccc1CO. The van der Waals surface area contributed by atoms with Crippen LogP contribution < -0.4 is 10.9 Å². The minimum Gasteiger partial charge on any atom is -0.392 e. The molecular weight excluding hydrogens is 228 g/mol. The van der Waals surface area contributed by atoms with Crippen molar-refractivity contribution in [3.8, 4) is 0 Å². The number of benzene rings is 2. The molecule has 0 aliphatic heterocycles. The van der Waals surface area contributed by atoms with Crippen LogP contribution in [-0.4, -0.2) is 11.0 Å². The maximum absolute atomic E-state index is 11.9. The van der Waals surface area contributed by atoms with Gasteiger partial charge in [0.15, 0.2) is 0 Å². The first-order valence-electron chi connectivity index (χ1n) is 5.61. The first-order valence-corrected chi connectivity index (χ1v) is 5.61. The molecule has 0 aliphatic carbocycles. The molecule has 18 heavy (non-hydrogen) atoms. The Labute approximate surface area is 105 Å². The summed E-state index contributed by atoms with van der Waals surface area (Å²) in [5, 5.41) is 9.15. The number of hydrogen-bond acceptors (Lipinski definition) is 3. The van der Waals surface area contributed by atoms with Crippen molar-refractivity contribution in [1.29, 1.82) is 0 Å². The predicted octanol–water partition coefficient (Wildman–Crippen LogP) is 1.94. The Morgan fingerprint density at radius 2 is 1.67 bits per heavy atom. The molecule has 2 aromatic carbocycles. The van der Waals surface area contributed by atoms with E-state index in [1.807, 2.05) is 30.3 Å². The highest BCUT2D eigenvalue weighted by atomic mass is 16.3. The third-order valence-electron chi connectivity index (χ3n) is 2.53. The van der Waals surface area contributed by atoms with Gasteiger partial charge in [-0.05, 0) is 23.8 Å². The highest BCUT2D eigenvalue weighted by molar-refractivity contribution is 5.96. The number of carbonyl (C=O) groups excluding carboxylic acids is 1. The molecular formula is C14H14N2O2. The lowest BCUT2D eigenvalue weighted by atomic mass is 10.1. The topological polar surface area (TPSA) is 61.4 Å². The average molecular weight is 242 g/mol. The molecule has 0 fully saturated rings. The van der Waals surface area contributed by atoms with Gasteiger partial charge in [-0.15, -0.1) is 0 Å². The van der Waals surface area contributed by atoms with E-state index in [1.54, 1.807) is 24.3 Å². The second-order valence-corrected chi connectivity index (χ2v) is 3.76. The van der Waals surface area contributed by atoms with E-state index in [0.717, 1.165) is 5.69 Å². The van der Waals surface area contributed by atoms with Gasteiger partial charge in [0, 0.05) is 5.56 Å². The van der Waals surface area contributed by atoms with Crippen LogP contribution in [0.2, 0.25) is 0 Å². The fourth-order valence-electron chi connectivity index (χ4n) is 1.60. The van der Waals surface area contributed by atoms with Crippen molar-refractivity contribution in [3.63, 3.8) is 0 Å². The first kappa shape index (κ1) is 12.1. The smallest absolute Gasteiger partial charge is 0.269 e. The average Bonchev–Trinajstić information content (AvgIpc) is 2.45. The second-order valence-electron chi connectivity index (χ2n) is 3.76. The molecule has 0 saturated heterocycles. The van der Waals surface area contributed by atoms with Crippen LogP contribution in [0.4, 0.5) is 5.69 Å². The highest BCUT2D eigenvalue weighted by Crippen LogP contribution is 2.09. The molecule has 2 rings (SSSR count). The van der Waals surface area contributed by atoms with E-state index in [-0.39, 0.29) is 12.5 Å². The zero-order chi connectivity index (χ0) is 12.8. The van der Waals surface area contributed by atoms with Crippen LogP contribution in [0.15, 0.2) is 54.6 Å². The van der Waals surface area contributed by atoms with Crippen LogP contribution in [0, 0.1) is 0 Å². The molecule has 0 aliphatic rings. The van der Waals surface area contributed by atoms with Crippen LogP contribution in [0.5, 0.6) is 0 Å². The van der Waals surface area contributed by atoms with Crippen molar-refractivity contribution in [1.82, 2.24) is 5.43 Å². The summed E-state index contributed by atoms with van der Waals surface area (Å²) in [6.45, 7) is -0.158. The van der Waals surface area contributed by atoms with Crippen LogP contribution in [-0.2, 0) is 6.61 Å². The summed E-state index contributed by atoms with van der Waals surface area (Å²) in [7, 11) is 0. The summed E-state index contributed by atoms with van der Waals surface area (Å²) in [5.74, 6) is -0.275.